The molecule has 1 amide bonds. The fraction of sp³-hybridized carbons (Fsp3) is 0.320. The first-order valence-electron chi connectivity index (χ1n) is 10.8. The molecule has 8 heteroatoms. The molecule has 1 aliphatic heterocycles. The summed E-state index contributed by atoms with van der Waals surface area (Å²) in [5.74, 6) is 1.35. The number of carbonyl (C=O) groups is 1. The molecule has 0 radical (unpaired) electrons. The van der Waals surface area contributed by atoms with Crippen molar-refractivity contribution in [1.82, 2.24) is 14.7 Å². The van der Waals surface area contributed by atoms with Gasteiger partial charge in [0.25, 0.3) is 0 Å². The summed E-state index contributed by atoms with van der Waals surface area (Å²) in [5, 5.41) is 14.4. The number of amides is 1. The highest BCUT2D eigenvalue weighted by Gasteiger charge is 2.34. The molecule has 0 bridgehead atoms. The molecule has 1 unspecified atom stereocenters. The smallest absolute Gasteiger partial charge is 0.410 e. The van der Waals surface area contributed by atoms with Crippen molar-refractivity contribution in [2.45, 2.75) is 38.7 Å². The molecule has 1 aliphatic rings. The summed E-state index contributed by atoms with van der Waals surface area (Å²) in [6.45, 7) is 6.53. The first-order valence-corrected chi connectivity index (χ1v) is 10.8. The van der Waals surface area contributed by atoms with E-state index in [0.29, 0.717) is 42.3 Å². The van der Waals surface area contributed by atoms with Crippen LogP contribution >= 0.6 is 0 Å². The number of para-hydroxylation sites is 1. The predicted molar refractivity (Wildman–Crippen MR) is 124 cm³/mol. The average Bonchev–Trinajstić information content (AvgIpc) is 3.38. The number of carbonyl (C=O) groups excluding carboxylic acids is 1. The van der Waals surface area contributed by atoms with Crippen molar-refractivity contribution in [1.29, 1.82) is 5.26 Å². The maximum absolute atomic E-state index is 12.4. The van der Waals surface area contributed by atoms with Crippen molar-refractivity contribution in [3.05, 3.63) is 66.0 Å². The number of hydrogen-bond acceptors (Lipinski definition) is 6. The van der Waals surface area contributed by atoms with Gasteiger partial charge in [-0.1, -0.05) is 18.2 Å². The number of nitrogens with two attached hydrogens (primary N) is 1. The third kappa shape index (κ3) is 4.93. The minimum absolute atomic E-state index is 0.0634. The number of anilines is 1. The molecule has 33 heavy (non-hydrogen) atoms. The SMILES string of the molecule is CC(C)(C)OC(=O)N1CCC(c2nn(-c3ccc(Oc4ccccc4)cc3)c(C#N)c2N)C1. The maximum Gasteiger partial charge on any atom is 0.410 e. The fourth-order valence-electron chi connectivity index (χ4n) is 3.80. The average molecular weight is 446 g/mol. The van der Waals surface area contributed by atoms with Crippen molar-refractivity contribution in [3.63, 3.8) is 0 Å². The topological polar surface area (TPSA) is 106 Å². The lowest BCUT2D eigenvalue weighted by molar-refractivity contribution is 0.0292. The van der Waals surface area contributed by atoms with Gasteiger partial charge in [-0.2, -0.15) is 10.4 Å². The Balaban J connectivity index is 1.53. The van der Waals surface area contributed by atoms with Crippen LogP contribution < -0.4 is 10.5 Å². The predicted octanol–water partition coefficient (Wildman–Crippen LogP) is 4.84. The van der Waals surface area contributed by atoms with Crippen LogP contribution in [0.2, 0.25) is 0 Å². The van der Waals surface area contributed by atoms with Crippen LogP contribution in [-0.2, 0) is 4.74 Å². The van der Waals surface area contributed by atoms with Gasteiger partial charge in [-0.15, -0.1) is 0 Å². The first-order chi connectivity index (χ1) is 15.7. The summed E-state index contributed by atoms with van der Waals surface area (Å²) >= 11 is 0. The zero-order valence-corrected chi connectivity index (χ0v) is 19.0. The van der Waals surface area contributed by atoms with E-state index in [0.717, 1.165) is 5.75 Å². The number of rotatable bonds is 4. The molecule has 0 spiro atoms. The number of ether oxygens (including phenoxy) is 2. The molecule has 1 atom stereocenters. The van der Waals surface area contributed by atoms with Crippen molar-refractivity contribution in [3.8, 4) is 23.3 Å². The molecule has 1 saturated heterocycles. The molecule has 2 aromatic carbocycles. The molecule has 0 saturated carbocycles. The second kappa shape index (κ2) is 8.87. The number of nitriles is 1. The Morgan fingerprint density at radius 2 is 1.79 bits per heavy atom. The molecule has 170 valence electrons. The molecule has 3 aromatic rings. The quantitative estimate of drug-likeness (QED) is 0.616. The lowest BCUT2D eigenvalue weighted by atomic mass is 10.0. The molecule has 2 N–H and O–H groups in total. The Morgan fingerprint density at radius 3 is 2.42 bits per heavy atom. The van der Waals surface area contributed by atoms with Gasteiger partial charge >= 0.3 is 6.09 Å². The highest BCUT2D eigenvalue weighted by Crippen LogP contribution is 2.34. The van der Waals surface area contributed by atoms with Gasteiger partial charge in [-0.3, -0.25) is 0 Å². The van der Waals surface area contributed by atoms with Crippen LogP contribution in [0.15, 0.2) is 54.6 Å². The van der Waals surface area contributed by atoms with Crippen molar-refractivity contribution < 1.29 is 14.3 Å². The maximum atomic E-state index is 12.4. The van der Waals surface area contributed by atoms with E-state index in [1.807, 2.05) is 75.4 Å². The van der Waals surface area contributed by atoms with Crippen LogP contribution in [0, 0.1) is 11.3 Å². The van der Waals surface area contributed by atoms with Crippen molar-refractivity contribution >= 4 is 11.8 Å². The Kier molecular flexibility index (Phi) is 5.97. The lowest BCUT2D eigenvalue weighted by Gasteiger charge is -2.24. The van der Waals surface area contributed by atoms with Crippen LogP contribution in [0.1, 0.15) is 44.5 Å². The van der Waals surface area contributed by atoms with Crippen LogP contribution in [0.4, 0.5) is 10.5 Å². The zero-order valence-electron chi connectivity index (χ0n) is 19.0. The molecule has 4 rings (SSSR count). The van der Waals surface area contributed by atoms with Gasteiger partial charge in [0, 0.05) is 19.0 Å². The lowest BCUT2D eigenvalue weighted by Crippen LogP contribution is -2.35. The van der Waals surface area contributed by atoms with Gasteiger partial charge in [0.2, 0.25) is 0 Å². The second-order valence-corrected chi connectivity index (χ2v) is 8.99. The normalized spacial score (nSPS) is 15.8. The Bertz CT molecular complexity index is 1170. The van der Waals surface area contributed by atoms with E-state index in [1.54, 1.807) is 9.58 Å². The van der Waals surface area contributed by atoms with Crippen molar-refractivity contribution in [2.75, 3.05) is 18.8 Å². The summed E-state index contributed by atoms with van der Waals surface area (Å²) in [6, 6.07) is 19.0. The van der Waals surface area contributed by atoms with E-state index < -0.39 is 5.60 Å². The van der Waals surface area contributed by atoms with Gasteiger partial charge in [-0.25, -0.2) is 9.48 Å². The number of likely N-dealkylation sites (tertiary alicyclic amines) is 1. The van der Waals surface area contributed by atoms with E-state index >= 15 is 0 Å². The third-order valence-electron chi connectivity index (χ3n) is 5.34. The number of aromatic nitrogens is 2. The van der Waals surface area contributed by atoms with Crippen LogP contribution in [-0.4, -0.2) is 39.5 Å². The summed E-state index contributed by atoms with van der Waals surface area (Å²) in [7, 11) is 0. The van der Waals surface area contributed by atoms with Gasteiger partial charge < -0.3 is 20.1 Å². The van der Waals surface area contributed by atoms with Gasteiger partial charge in [0.15, 0.2) is 5.69 Å². The number of benzene rings is 2. The van der Waals surface area contributed by atoms with E-state index in [2.05, 4.69) is 11.2 Å². The van der Waals surface area contributed by atoms with E-state index in [1.165, 1.54) is 0 Å². The highest BCUT2D eigenvalue weighted by molar-refractivity contribution is 5.69. The number of nitrogens with zero attached hydrogens (tertiary/aromatic N) is 4. The third-order valence-corrected chi connectivity index (χ3v) is 5.34. The van der Waals surface area contributed by atoms with Gasteiger partial charge in [0.05, 0.1) is 17.1 Å². The van der Waals surface area contributed by atoms with Crippen LogP contribution in [0.5, 0.6) is 11.5 Å². The Labute approximate surface area is 193 Å². The fourth-order valence-corrected chi connectivity index (χ4v) is 3.80. The van der Waals surface area contributed by atoms with Crippen molar-refractivity contribution in [2.24, 2.45) is 0 Å². The molecular weight excluding hydrogens is 418 g/mol. The van der Waals surface area contributed by atoms with Gasteiger partial charge in [-0.05, 0) is 63.6 Å². The van der Waals surface area contributed by atoms with E-state index in [-0.39, 0.29) is 17.7 Å². The number of hydrogen-bond donors (Lipinski definition) is 1. The van der Waals surface area contributed by atoms with E-state index in [9.17, 15) is 10.1 Å². The second-order valence-electron chi connectivity index (χ2n) is 8.99. The molecule has 1 fully saturated rings. The molecule has 8 nitrogen and oxygen atoms in total. The standard InChI is InChI=1S/C25H27N5O3/c1-25(2,3)33-24(31)29-14-13-17(16-29)23-22(27)21(15-26)30(28-23)18-9-11-20(12-10-18)32-19-7-5-4-6-8-19/h4-12,17H,13-14,16,27H2,1-3H3. The van der Waals surface area contributed by atoms with Crippen LogP contribution in [0.25, 0.3) is 5.69 Å². The van der Waals surface area contributed by atoms with Crippen LogP contribution in [0.3, 0.4) is 0 Å². The largest absolute Gasteiger partial charge is 0.457 e. The summed E-state index contributed by atoms with van der Waals surface area (Å²) < 4.78 is 12.9. The summed E-state index contributed by atoms with van der Waals surface area (Å²) in [4.78, 5) is 14.1. The first kappa shape index (κ1) is 22.2. The molecular formula is C25H27N5O3. The highest BCUT2D eigenvalue weighted by atomic mass is 16.6. The molecule has 2 heterocycles. The Hall–Kier alpha value is -3.99. The van der Waals surface area contributed by atoms with Gasteiger partial charge in [0.1, 0.15) is 23.2 Å². The monoisotopic (exact) mass is 445 g/mol. The zero-order chi connectivity index (χ0) is 23.6. The summed E-state index contributed by atoms with van der Waals surface area (Å²) in [6.07, 6.45) is 0.354. The minimum Gasteiger partial charge on any atom is -0.457 e. The number of nitrogen functional groups attached to an aromatic ring is 1. The molecule has 0 aliphatic carbocycles. The molecule has 1 aromatic heterocycles. The van der Waals surface area contributed by atoms with E-state index in [4.69, 9.17) is 15.2 Å². The Morgan fingerprint density at radius 1 is 1.12 bits per heavy atom. The summed E-state index contributed by atoms with van der Waals surface area (Å²) in [5.41, 5.74) is 7.72. The minimum atomic E-state index is -0.555.